The molecule has 0 spiro atoms. The molecule has 7 N–H and O–H groups in total. The molecule has 2 heterocycles. The van der Waals surface area contributed by atoms with Crippen molar-refractivity contribution in [2.75, 3.05) is 19.6 Å². The third kappa shape index (κ3) is 22.1. The van der Waals surface area contributed by atoms with E-state index in [1.807, 2.05) is 48.8 Å². The molecule has 16 heteroatoms. The largest absolute Gasteiger partial charge is 0.481 e. The molecule has 0 saturated carbocycles. The van der Waals surface area contributed by atoms with Gasteiger partial charge >= 0.3 is 23.9 Å². The maximum absolute atomic E-state index is 12.2. The van der Waals surface area contributed by atoms with Crippen molar-refractivity contribution in [1.82, 2.24) is 36.1 Å². The standard InChI is InChI=1S/C38H57N7O9/c46-33(41-24-10-3-4-14-26-45(27-29-15-7-11-22-39-29)28-30-16-8-12-23-40-30)18-5-1-2-6-19-34(47)42-25-13-9-17-31(36(50)51)43-38(54)44-32(37(52)53)20-21-35(48)49/h7-8,11-12,15-16,22-23,31-32H,1-6,9-10,13-14,17-21,24-28H2,(H,41,46)(H,42,47)(H,48,49)(H,50,51)(H,52,53)(H2,43,44,54)/t31-,32-/m0/s1. The molecule has 54 heavy (non-hydrogen) atoms. The van der Waals surface area contributed by atoms with Crippen LogP contribution in [0.5, 0.6) is 0 Å². The normalized spacial score (nSPS) is 12.0. The summed E-state index contributed by atoms with van der Waals surface area (Å²) in [7, 11) is 0. The molecule has 0 aromatic carbocycles. The number of hydrogen-bond acceptors (Lipinski definition) is 9. The van der Waals surface area contributed by atoms with Gasteiger partial charge in [-0.25, -0.2) is 14.4 Å². The third-order valence-corrected chi connectivity index (χ3v) is 8.60. The zero-order chi connectivity index (χ0) is 39.4. The summed E-state index contributed by atoms with van der Waals surface area (Å²) in [5.74, 6) is -4.02. The van der Waals surface area contributed by atoms with Crippen molar-refractivity contribution in [3.63, 3.8) is 0 Å². The summed E-state index contributed by atoms with van der Waals surface area (Å²) in [4.78, 5) is 81.2. The fraction of sp³-hybridized carbons (Fsp3) is 0.579. The molecule has 2 atom stereocenters. The topological polar surface area (TPSA) is 240 Å². The van der Waals surface area contributed by atoms with Crippen molar-refractivity contribution >= 4 is 35.8 Å². The van der Waals surface area contributed by atoms with E-state index < -0.39 is 42.4 Å². The fourth-order valence-corrected chi connectivity index (χ4v) is 5.64. The molecule has 4 amide bonds. The zero-order valence-corrected chi connectivity index (χ0v) is 31.0. The van der Waals surface area contributed by atoms with Crippen molar-refractivity contribution in [2.24, 2.45) is 0 Å². The number of aromatic nitrogens is 2. The van der Waals surface area contributed by atoms with E-state index in [0.717, 1.165) is 76.0 Å². The van der Waals surface area contributed by atoms with Crippen LogP contribution < -0.4 is 21.3 Å². The lowest BCUT2D eigenvalue weighted by molar-refractivity contribution is -0.141. The zero-order valence-electron chi connectivity index (χ0n) is 31.0. The van der Waals surface area contributed by atoms with E-state index in [4.69, 9.17) is 10.2 Å². The average Bonchev–Trinajstić information content (AvgIpc) is 3.14. The number of nitrogens with one attached hydrogen (secondary N) is 4. The van der Waals surface area contributed by atoms with Gasteiger partial charge < -0.3 is 36.6 Å². The van der Waals surface area contributed by atoms with E-state index >= 15 is 0 Å². The van der Waals surface area contributed by atoms with E-state index in [1.165, 1.54) is 0 Å². The minimum absolute atomic E-state index is 0.0470. The Morgan fingerprint density at radius 1 is 0.574 bits per heavy atom. The van der Waals surface area contributed by atoms with Crippen LogP contribution in [0.2, 0.25) is 0 Å². The Morgan fingerprint density at radius 3 is 1.54 bits per heavy atom. The van der Waals surface area contributed by atoms with Crippen molar-refractivity contribution in [3.05, 3.63) is 60.2 Å². The van der Waals surface area contributed by atoms with Crippen LogP contribution in [0.3, 0.4) is 0 Å². The fourth-order valence-electron chi connectivity index (χ4n) is 5.64. The van der Waals surface area contributed by atoms with Gasteiger partial charge in [-0.15, -0.1) is 0 Å². The third-order valence-electron chi connectivity index (χ3n) is 8.60. The Morgan fingerprint density at radius 2 is 1.06 bits per heavy atom. The quantitative estimate of drug-likeness (QED) is 0.0563. The lowest BCUT2D eigenvalue weighted by Gasteiger charge is -2.21. The molecule has 2 rings (SSSR count). The Bertz CT molecular complexity index is 1370. The van der Waals surface area contributed by atoms with Gasteiger partial charge in [0.15, 0.2) is 0 Å². The minimum Gasteiger partial charge on any atom is -0.481 e. The van der Waals surface area contributed by atoms with Gasteiger partial charge in [0.05, 0.1) is 11.4 Å². The highest BCUT2D eigenvalue weighted by molar-refractivity contribution is 5.86. The average molecular weight is 756 g/mol. The van der Waals surface area contributed by atoms with Crippen LogP contribution in [0.15, 0.2) is 48.8 Å². The number of carboxylic acids is 3. The number of aliphatic carboxylic acids is 3. The maximum Gasteiger partial charge on any atom is 0.326 e. The number of unbranched alkanes of at least 4 members (excludes halogenated alkanes) is 7. The van der Waals surface area contributed by atoms with Crippen molar-refractivity contribution in [2.45, 2.75) is 121 Å². The number of carbonyl (C=O) groups is 6. The summed E-state index contributed by atoms with van der Waals surface area (Å²) in [6.07, 6.45) is 11.7. The Kier molecular flexibility index (Phi) is 22.9. The molecule has 298 valence electrons. The van der Waals surface area contributed by atoms with Crippen LogP contribution in [0.25, 0.3) is 0 Å². The van der Waals surface area contributed by atoms with E-state index in [2.05, 4.69) is 36.1 Å². The SMILES string of the molecule is O=C(O)CC[C@H](NC(=O)N[C@@H](CCCCNC(=O)CCCCCCC(=O)NCCCCCCN(Cc1ccccn1)Cc1ccccn1)C(=O)O)C(=O)O. The highest BCUT2D eigenvalue weighted by atomic mass is 16.4. The molecule has 0 bridgehead atoms. The van der Waals surface area contributed by atoms with Gasteiger partial charge in [-0.2, -0.15) is 0 Å². The molecule has 0 fully saturated rings. The summed E-state index contributed by atoms with van der Waals surface area (Å²) < 4.78 is 0. The molecule has 0 aliphatic rings. The van der Waals surface area contributed by atoms with Crippen molar-refractivity contribution < 1.29 is 44.1 Å². The Balaban J connectivity index is 1.46. The second kappa shape index (κ2) is 27.5. The lowest BCUT2D eigenvalue weighted by Crippen LogP contribution is -2.51. The van der Waals surface area contributed by atoms with Gasteiger partial charge in [0, 0.05) is 57.8 Å². The van der Waals surface area contributed by atoms with Crippen LogP contribution in [0, 0.1) is 0 Å². The van der Waals surface area contributed by atoms with Gasteiger partial charge in [-0.05, 0) is 82.2 Å². The molecule has 0 saturated heterocycles. The number of pyridine rings is 2. The number of nitrogens with zero attached hydrogens (tertiary/aromatic N) is 3. The summed E-state index contributed by atoms with van der Waals surface area (Å²) in [6.45, 7) is 3.48. The predicted octanol–water partition coefficient (Wildman–Crippen LogP) is 3.85. The first-order valence-corrected chi connectivity index (χ1v) is 18.8. The van der Waals surface area contributed by atoms with Gasteiger partial charge in [0.25, 0.3) is 0 Å². The van der Waals surface area contributed by atoms with E-state index in [1.54, 1.807) is 0 Å². The maximum atomic E-state index is 12.2. The summed E-state index contributed by atoms with van der Waals surface area (Å²) >= 11 is 0. The number of urea groups is 1. The van der Waals surface area contributed by atoms with E-state index in [0.29, 0.717) is 45.2 Å². The van der Waals surface area contributed by atoms with E-state index in [-0.39, 0.29) is 24.7 Å². The first-order valence-electron chi connectivity index (χ1n) is 18.8. The molecule has 0 aliphatic carbocycles. The van der Waals surface area contributed by atoms with Crippen LogP contribution in [-0.2, 0) is 37.1 Å². The Hall–Kier alpha value is -5.12. The van der Waals surface area contributed by atoms with Gasteiger partial charge in [0.2, 0.25) is 11.8 Å². The highest BCUT2D eigenvalue weighted by Gasteiger charge is 2.24. The monoisotopic (exact) mass is 755 g/mol. The molecule has 2 aromatic rings. The van der Waals surface area contributed by atoms with Crippen LogP contribution in [-0.4, -0.2) is 97.7 Å². The van der Waals surface area contributed by atoms with Gasteiger partial charge in [0.1, 0.15) is 12.1 Å². The second-order valence-electron chi connectivity index (χ2n) is 13.2. The number of carboxylic acid groups (broad SMARTS) is 3. The molecule has 0 aliphatic heterocycles. The highest BCUT2D eigenvalue weighted by Crippen LogP contribution is 2.11. The predicted molar refractivity (Wildman–Crippen MR) is 200 cm³/mol. The lowest BCUT2D eigenvalue weighted by atomic mass is 10.1. The van der Waals surface area contributed by atoms with Crippen LogP contribution in [0.4, 0.5) is 4.79 Å². The summed E-state index contributed by atoms with van der Waals surface area (Å²) in [5, 5.41) is 37.3. The molecular weight excluding hydrogens is 698 g/mol. The van der Waals surface area contributed by atoms with Gasteiger partial charge in [-0.1, -0.05) is 37.8 Å². The first-order chi connectivity index (χ1) is 26.0. The number of hydrogen-bond donors (Lipinski definition) is 7. The van der Waals surface area contributed by atoms with Gasteiger partial charge in [-0.3, -0.25) is 29.3 Å². The first kappa shape index (κ1) is 45.0. The second-order valence-corrected chi connectivity index (χ2v) is 13.2. The number of carbonyl (C=O) groups excluding carboxylic acids is 3. The number of rotatable bonds is 30. The number of amides is 4. The van der Waals surface area contributed by atoms with Crippen molar-refractivity contribution in [3.8, 4) is 0 Å². The summed E-state index contributed by atoms with van der Waals surface area (Å²) in [6, 6.07) is 8.15. The molecule has 0 unspecified atom stereocenters. The van der Waals surface area contributed by atoms with E-state index in [9.17, 15) is 33.9 Å². The molecule has 2 aromatic heterocycles. The molecular formula is C38H57N7O9. The van der Waals surface area contributed by atoms with Crippen molar-refractivity contribution in [1.29, 1.82) is 0 Å². The van der Waals surface area contributed by atoms with Crippen LogP contribution >= 0.6 is 0 Å². The van der Waals surface area contributed by atoms with Crippen LogP contribution in [0.1, 0.15) is 108 Å². The molecule has 16 nitrogen and oxygen atoms in total. The summed E-state index contributed by atoms with van der Waals surface area (Å²) in [5.41, 5.74) is 2.07. The Labute approximate surface area is 316 Å². The molecule has 0 radical (unpaired) electrons. The minimum atomic E-state index is -1.47. The smallest absolute Gasteiger partial charge is 0.326 e.